The zero-order chi connectivity index (χ0) is 16.9. The lowest BCUT2D eigenvalue weighted by atomic mass is 10.1. The average molecular weight is 342 g/mol. The van der Waals surface area contributed by atoms with E-state index in [1.807, 2.05) is 0 Å². The summed E-state index contributed by atoms with van der Waals surface area (Å²) in [6, 6.07) is 12.5. The molecule has 1 aliphatic heterocycles. The van der Waals surface area contributed by atoms with Crippen LogP contribution < -0.4 is 9.62 Å². The van der Waals surface area contributed by atoms with Crippen LogP contribution in [0.2, 0.25) is 0 Å². The summed E-state index contributed by atoms with van der Waals surface area (Å²) in [6.45, 7) is 0. The van der Waals surface area contributed by atoms with Crippen LogP contribution in [0.25, 0.3) is 0 Å². The molecule has 2 aromatic rings. The molecule has 0 aromatic heterocycles. The first-order valence-electron chi connectivity index (χ1n) is 7.58. The number of rotatable bonds is 4. The van der Waals surface area contributed by atoms with E-state index in [4.69, 9.17) is 0 Å². The number of para-hydroxylation sites is 1. The standard InChI is InChI=1S/C17H14N2O4S/c20-16-12-5-1-2-6-13(12)17(21)19(16)14-7-3-4-8-15(14)24(22,23)18-11-9-10-11/h1-8,11,18H,9-10H2. The Morgan fingerprint density at radius 1 is 0.875 bits per heavy atom. The summed E-state index contributed by atoms with van der Waals surface area (Å²) in [5.41, 5.74) is 0.645. The molecule has 6 nitrogen and oxygen atoms in total. The number of carbonyl (C=O) groups excluding carboxylic acids is 2. The molecular formula is C17H14N2O4S. The third kappa shape index (κ3) is 2.33. The van der Waals surface area contributed by atoms with Crippen molar-refractivity contribution < 1.29 is 18.0 Å². The topological polar surface area (TPSA) is 83.6 Å². The predicted molar refractivity (Wildman–Crippen MR) is 87.4 cm³/mol. The molecule has 0 radical (unpaired) electrons. The van der Waals surface area contributed by atoms with Gasteiger partial charge < -0.3 is 0 Å². The Hall–Kier alpha value is -2.51. The van der Waals surface area contributed by atoms with E-state index in [2.05, 4.69) is 4.72 Å². The van der Waals surface area contributed by atoms with E-state index in [1.165, 1.54) is 12.1 Å². The Morgan fingerprint density at radius 2 is 1.42 bits per heavy atom. The Labute approximate surface area is 139 Å². The van der Waals surface area contributed by atoms with E-state index >= 15 is 0 Å². The lowest BCUT2D eigenvalue weighted by molar-refractivity contribution is 0.0925. The minimum atomic E-state index is -3.80. The Morgan fingerprint density at radius 3 is 2.00 bits per heavy atom. The van der Waals surface area contributed by atoms with Crippen LogP contribution >= 0.6 is 0 Å². The fraction of sp³-hybridized carbons (Fsp3) is 0.176. The first-order chi connectivity index (χ1) is 11.5. The SMILES string of the molecule is O=C1c2ccccc2C(=O)N1c1ccccc1S(=O)(=O)NC1CC1. The van der Waals surface area contributed by atoms with Gasteiger partial charge in [-0.05, 0) is 37.1 Å². The zero-order valence-corrected chi connectivity index (χ0v) is 13.4. The summed E-state index contributed by atoms with van der Waals surface area (Å²) in [7, 11) is -3.80. The maximum Gasteiger partial charge on any atom is 0.266 e. The molecule has 0 atom stereocenters. The van der Waals surface area contributed by atoms with E-state index in [9.17, 15) is 18.0 Å². The molecule has 0 bridgehead atoms. The third-order valence-electron chi connectivity index (χ3n) is 4.09. The van der Waals surface area contributed by atoms with Gasteiger partial charge in [0.25, 0.3) is 11.8 Å². The number of amides is 2. The summed E-state index contributed by atoms with van der Waals surface area (Å²) < 4.78 is 27.8. The summed E-state index contributed by atoms with van der Waals surface area (Å²) in [6.07, 6.45) is 1.60. The van der Waals surface area contributed by atoms with Crippen LogP contribution in [0.5, 0.6) is 0 Å². The number of anilines is 1. The number of carbonyl (C=O) groups is 2. The second kappa shape index (κ2) is 5.25. The van der Waals surface area contributed by atoms with Crippen molar-refractivity contribution in [2.45, 2.75) is 23.8 Å². The van der Waals surface area contributed by atoms with Crippen molar-refractivity contribution in [2.24, 2.45) is 0 Å². The molecule has 1 saturated carbocycles. The molecule has 1 fully saturated rings. The number of hydrogen-bond donors (Lipinski definition) is 1. The summed E-state index contributed by atoms with van der Waals surface area (Å²) in [4.78, 5) is 26.1. The van der Waals surface area contributed by atoms with Gasteiger partial charge in [-0.1, -0.05) is 24.3 Å². The van der Waals surface area contributed by atoms with Gasteiger partial charge >= 0.3 is 0 Å². The molecule has 4 rings (SSSR count). The van der Waals surface area contributed by atoms with Gasteiger partial charge in [0.15, 0.2) is 0 Å². The molecule has 2 amide bonds. The zero-order valence-electron chi connectivity index (χ0n) is 12.6. The molecule has 0 spiro atoms. The highest BCUT2D eigenvalue weighted by Gasteiger charge is 2.39. The number of sulfonamides is 1. The van der Waals surface area contributed by atoms with Crippen LogP contribution in [0.15, 0.2) is 53.4 Å². The van der Waals surface area contributed by atoms with Gasteiger partial charge in [-0.2, -0.15) is 0 Å². The molecule has 2 aromatic carbocycles. The molecule has 1 heterocycles. The molecule has 1 N–H and O–H groups in total. The highest BCUT2D eigenvalue weighted by atomic mass is 32.2. The minimum Gasteiger partial charge on any atom is -0.268 e. The predicted octanol–water partition coefficient (Wildman–Crippen LogP) is 1.93. The number of nitrogens with zero attached hydrogens (tertiary/aromatic N) is 1. The molecule has 24 heavy (non-hydrogen) atoms. The normalized spacial score (nSPS) is 17.2. The van der Waals surface area contributed by atoms with Gasteiger partial charge in [-0.15, -0.1) is 0 Å². The number of fused-ring (bicyclic) bond motifs is 1. The Balaban J connectivity index is 1.81. The van der Waals surface area contributed by atoms with Crippen molar-refractivity contribution >= 4 is 27.5 Å². The number of imide groups is 1. The first-order valence-corrected chi connectivity index (χ1v) is 9.06. The smallest absolute Gasteiger partial charge is 0.266 e. The van der Waals surface area contributed by atoms with Crippen molar-refractivity contribution in [3.05, 3.63) is 59.7 Å². The van der Waals surface area contributed by atoms with Crippen LogP contribution in [0.3, 0.4) is 0 Å². The van der Waals surface area contributed by atoms with Gasteiger partial charge in [0.2, 0.25) is 10.0 Å². The van der Waals surface area contributed by atoms with Crippen molar-refractivity contribution in [1.29, 1.82) is 0 Å². The molecule has 0 saturated heterocycles. The van der Waals surface area contributed by atoms with E-state index in [1.54, 1.807) is 36.4 Å². The third-order valence-corrected chi connectivity index (χ3v) is 5.66. The van der Waals surface area contributed by atoms with Gasteiger partial charge in [0, 0.05) is 6.04 Å². The van der Waals surface area contributed by atoms with E-state index in [-0.39, 0.29) is 27.8 Å². The van der Waals surface area contributed by atoms with E-state index < -0.39 is 21.8 Å². The number of benzene rings is 2. The maximum absolute atomic E-state index is 12.6. The lowest BCUT2D eigenvalue weighted by Gasteiger charge is -2.18. The van der Waals surface area contributed by atoms with E-state index in [0.29, 0.717) is 0 Å². The maximum atomic E-state index is 12.6. The highest BCUT2D eigenvalue weighted by Crippen LogP contribution is 2.33. The first kappa shape index (κ1) is 15.0. The van der Waals surface area contributed by atoms with Crippen molar-refractivity contribution in [1.82, 2.24) is 4.72 Å². The van der Waals surface area contributed by atoms with Crippen molar-refractivity contribution in [2.75, 3.05) is 4.90 Å². The Bertz CT molecular complexity index is 929. The second-order valence-electron chi connectivity index (χ2n) is 5.85. The highest BCUT2D eigenvalue weighted by molar-refractivity contribution is 7.89. The monoisotopic (exact) mass is 342 g/mol. The van der Waals surface area contributed by atoms with Gasteiger partial charge in [-0.25, -0.2) is 18.0 Å². The van der Waals surface area contributed by atoms with Crippen LogP contribution in [0.4, 0.5) is 5.69 Å². The lowest BCUT2D eigenvalue weighted by Crippen LogP contribution is -2.33. The average Bonchev–Trinajstić information content (AvgIpc) is 3.34. The molecule has 1 aliphatic carbocycles. The largest absolute Gasteiger partial charge is 0.268 e. The van der Waals surface area contributed by atoms with Gasteiger partial charge in [0.1, 0.15) is 4.90 Å². The molecule has 2 aliphatic rings. The van der Waals surface area contributed by atoms with Crippen LogP contribution in [0.1, 0.15) is 33.6 Å². The van der Waals surface area contributed by atoms with Gasteiger partial charge in [0.05, 0.1) is 16.8 Å². The second-order valence-corrected chi connectivity index (χ2v) is 7.54. The quantitative estimate of drug-likeness (QED) is 0.861. The fourth-order valence-corrected chi connectivity index (χ4v) is 4.26. The van der Waals surface area contributed by atoms with Gasteiger partial charge in [-0.3, -0.25) is 9.59 Å². The minimum absolute atomic E-state index is 0.0635. The number of nitrogens with one attached hydrogen (secondary N) is 1. The van der Waals surface area contributed by atoms with Crippen LogP contribution in [-0.4, -0.2) is 26.3 Å². The Kier molecular flexibility index (Phi) is 3.29. The van der Waals surface area contributed by atoms with E-state index in [0.717, 1.165) is 17.7 Å². The number of hydrogen-bond acceptors (Lipinski definition) is 4. The molecule has 7 heteroatoms. The van der Waals surface area contributed by atoms with Crippen molar-refractivity contribution in [3.8, 4) is 0 Å². The van der Waals surface area contributed by atoms with Crippen molar-refractivity contribution in [3.63, 3.8) is 0 Å². The van der Waals surface area contributed by atoms with Crippen LogP contribution in [-0.2, 0) is 10.0 Å². The molecule has 0 unspecified atom stereocenters. The molecular weight excluding hydrogens is 328 g/mol. The molecule has 122 valence electrons. The van der Waals surface area contributed by atoms with Crippen LogP contribution in [0, 0.1) is 0 Å². The summed E-state index contributed by atoms with van der Waals surface area (Å²) >= 11 is 0. The summed E-state index contributed by atoms with van der Waals surface area (Å²) in [5.74, 6) is -1.02. The fourth-order valence-electron chi connectivity index (χ4n) is 2.76. The summed E-state index contributed by atoms with van der Waals surface area (Å²) in [5, 5.41) is 0.